The van der Waals surface area contributed by atoms with Crippen molar-refractivity contribution in [3.05, 3.63) is 45.7 Å². The van der Waals surface area contributed by atoms with Gasteiger partial charge in [-0.1, -0.05) is 18.2 Å². The van der Waals surface area contributed by atoms with Crippen molar-refractivity contribution in [1.82, 2.24) is 4.57 Å². The molecule has 104 valence electrons. The zero-order valence-corrected chi connectivity index (χ0v) is 11.0. The van der Waals surface area contributed by atoms with Gasteiger partial charge in [-0.3, -0.25) is 9.59 Å². The Morgan fingerprint density at radius 1 is 1.45 bits per heavy atom. The molecule has 1 atom stereocenters. The Hall–Kier alpha value is -2.14. The lowest BCUT2D eigenvalue weighted by molar-refractivity contribution is -0.138. The molecule has 0 aliphatic carbocycles. The lowest BCUT2D eigenvalue weighted by atomic mass is 9.98. The predicted molar refractivity (Wildman–Crippen MR) is 75.8 cm³/mol. The van der Waals surface area contributed by atoms with Gasteiger partial charge in [-0.15, -0.1) is 0 Å². The Bertz CT molecular complexity index is 749. The van der Waals surface area contributed by atoms with E-state index in [0.717, 1.165) is 23.7 Å². The third-order valence-corrected chi connectivity index (χ3v) is 3.86. The molecular formula is C15H16N2O3. The molecule has 1 aliphatic heterocycles. The summed E-state index contributed by atoms with van der Waals surface area (Å²) in [6, 6.07) is 6.71. The summed E-state index contributed by atoms with van der Waals surface area (Å²) in [5, 5.41) is 9.88. The number of hydrogen-bond acceptors (Lipinski definition) is 3. The fourth-order valence-electron chi connectivity index (χ4n) is 2.89. The third-order valence-electron chi connectivity index (χ3n) is 3.86. The number of benzene rings is 1. The number of pyridine rings is 1. The lowest BCUT2D eigenvalue weighted by Gasteiger charge is -2.20. The lowest BCUT2D eigenvalue weighted by Crippen LogP contribution is -2.36. The number of carboxylic acids is 1. The van der Waals surface area contributed by atoms with Crippen LogP contribution in [-0.4, -0.2) is 21.7 Å². The van der Waals surface area contributed by atoms with Crippen molar-refractivity contribution in [3.8, 4) is 0 Å². The van der Waals surface area contributed by atoms with E-state index in [9.17, 15) is 9.59 Å². The maximum atomic E-state index is 12.5. The summed E-state index contributed by atoms with van der Waals surface area (Å²) >= 11 is 0. The Morgan fingerprint density at radius 2 is 2.25 bits per heavy atom. The second kappa shape index (κ2) is 4.76. The van der Waals surface area contributed by atoms with Gasteiger partial charge in [-0.25, -0.2) is 0 Å². The standard InChI is InChI=1S/C15H16N2O3/c16-12(15(19)20)8-11-7-10-4-1-3-9-5-2-6-17(13(9)10)14(11)18/h1,3-4,7,12H,2,5-6,8,16H2,(H,19,20). The normalized spacial score (nSPS) is 15.2. The first kappa shape index (κ1) is 12.9. The molecule has 3 N–H and O–H groups in total. The van der Waals surface area contributed by atoms with Gasteiger partial charge in [-0.2, -0.15) is 0 Å². The SMILES string of the molecule is NC(Cc1cc2cccc3c2n(c1=O)CCC3)C(=O)O. The molecule has 0 fully saturated rings. The van der Waals surface area contributed by atoms with Gasteiger partial charge >= 0.3 is 5.97 Å². The number of nitrogens with two attached hydrogens (primary N) is 1. The van der Waals surface area contributed by atoms with Crippen LogP contribution in [0.1, 0.15) is 17.5 Å². The summed E-state index contributed by atoms with van der Waals surface area (Å²) in [6.07, 6.45) is 1.97. The van der Waals surface area contributed by atoms with Gasteiger partial charge in [0.25, 0.3) is 5.56 Å². The summed E-state index contributed by atoms with van der Waals surface area (Å²) in [4.78, 5) is 23.3. The van der Waals surface area contributed by atoms with Crippen molar-refractivity contribution in [2.45, 2.75) is 31.8 Å². The highest BCUT2D eigenvalue weighted by Gasteiger charge is 2.19. The second-order valence-electron chi connectivity index (χ2n) is 5.23. The Balaban J connectivity index is 2.19. The van der Waals surface area contributed by atoms with Crippen LogP contribution >= 0.6 is 0 Å². The van der Waals surface area contributed by atoms with Crippen molar-refractivity contribution < 1.29 is 9.90 Å². The average molecular weight is 272 g/mol. The van der Waals surface area contributed by atoms with Crippen LogP contribution in [0.2, 0.25) is 0 Å². The predicted octanol–water partition coefficient (Wildman–Crippen LogP) is 0.902. The first-order valence-corrected chi connectivity index (χ1v) is 6.70. The van der Waals surface area contributed by atoms with Crippen LogP contribution in [0.5, 0.6) is 0 Å². The minimum absolute atomic E-state index is 0.0638. The van der Waals surface area contributed by atoms with E-state index in [1.807, 2.05) is 18.2 Å². The van der Waals surface area contributed by atoms with E-state index in [0.29, 0.717) is 12.1 Å². The molecule has 1 aliphatic rings. The highest BCUT2D eigenvalue weighted by Crippen LogP contribution is 2.24. The monoisotopic (exact) mass is 272 g/mol. The van der Waals surface area contributed by atoms with Gasteiger partial charge in [0.1, 0.15) is 6.04 Å². The number of nitrogens with zero attached hydrogens (tertiary/aromatic N) is 1. The molecular weight excluding hydrogens is 256 g/mol. The molecule has 3 rings (SSSR count). The molecule has 20 heavy (non-hydrogen) atoms. The van der Waals surface area contributed by atoms with E-state index in [1.165, 1.54) is 5.56 Å². The molecule has 0 saturated carbocycles. The number of aromatic nitrogens is 1. The minimum atomic E-state index is -1.09. The van der Waals surface area contributed by atoms with E-state index in [4.69, 9.17) is 10.8 Å². The van der Waals surface area contributed by atoms with Gasteiger partial charge in [0.2, 0.25) is 0 Å². The summed E-state index contributed by atoms with van der Waals surface area (Å²) in [5.74, 6) is -1.09. The molecule has 1 unspecified atom stereocenters. The van der Waals surface area contributed by atoms with Crippen molar-refractivity contribution >= 4 is 16.9 Å². The second-order valence-corrected chi connectivity index (χ2v) is 5.23. The van der Waals surface area contributed by atoms with Crippen LogP contribution in [0.15, 0.2) is 29.1 Å². The molecule has 2 heterocycles. The van der Waals surface area contributed by atoms with Crippen LogP contribution in [0.4, 0.5) is 0 Å². The average Bonchev–Trinajstić information content (AvgIpc) is 2.44. The maximum absolute atomic E-state index is 12.5. The van der Waals surface area contributed by atoms with Crippen molar-refractivity contribution in [1.29, 1.82) is 0 Å². The molecule has 1 aromatic heterocycles. The fraction of sp³-hybridized carbons (Fsp3) is 0.333. The van der Waals surface area contributed by atoms with Crippen molar-refractivity contribution in [3.63, 3.8) is 0 Å². The third kappa shape index (κ3) is 2.00. The Kier molecular flexibility index (Phi) is 3.06. The molecule has 0 saturated heterocycles. The highest BCUT2D eigenvalue weighted by molar-refractivity contribution is 5.83. The van der Waals surface area contributed by atoms with Crippen molar-refractivity contribution in [2.75, 3.05) is 0 Å². The van der Waals surface area contributed by atoms with Crippen molar-refractivity contribution in [2.24, 2.45) is 5.73 Å². The van der Waals surface area contributed by atoms with E-state index < -0.39 is 12.0 Å². The number of rotatable bonds is 3. The molecule has 0 bridgehead atoms. The van der Waals surface area contributed by atoms with Gasteiger partial charge in [-0.05, 0) is 29.9 Å². The molecule has 5 heteroatoms. The summed E-state index contributed by atoms with van der Waals surface area (Å²) < 4.78 is 1.76. The Morgan fingerprint density at radius 3 is 3.00 bits per heavy atom. The molecule has 5 nitrogen and oxygen atoms in total. The van der Waals surface area contributed by atoms with Gasteiger partial charge in [0.15, 0.2) is 0 Å². The molecule has 0 radical (unpaired) electrons. The fourth-order valence-corrected chi connectivity index (χ4v) is 2.89. The smallest absolute Gasteiger partial charge is 0.320 e. The number of carbonyl (C=O) groups is 1. The number of para-hydroxylation sites is 1. The zero-order chi connectivity index (χ0) is 14.3. The molecule has 1 aromatic carbocycles. The molecule has 0 amide bonds. The summed E-state index contributed by atoms with van der Waals surface area (Å²) in [5.41, 5.74) is 8.08. The first-order valence-electron chi connectivity index (χ1n) is 6.70. The highest BCUT2D eigenvalue weighted by atomic mass is 16.4. The van der Waals surface area contributed by atoms with Gasteiger partial charge < -0.3 is 15.4 Å². The van der Waals surface area contributed by atoms with E-state index >= 15 is 0 Å². The van der Waals surface area contributed by atoms with E-state index in [2.05, 4.69) is 0 Å². The van der Waals surface area contributed by atoms with Crippen LogP contribution in [-0.2, 0) is 24.2 Å². The van der Waals surface area contributed by atoms with Gasteiger partial charge in [0.05, 0.1) is 5.52 Å². The largest absolute Gasteiger partial charge is 0.480 e. The van der Waals surface area contributed by atoms with Crippen LogP contribution < -0.4 is 11.3 Å². The number of aryl methyl sites for hydroxylation is 2. The minimum Gasteiger partial charge on any atom is -0.480 e. The van der Waals surface area contributed by atoms with Crippen LogP contribution in [0, 0.1) is 0 Å². The summed E-state index contributed by atoms with van der Waals surface area (Å²) in [7, 11) is 0. The Labute approximate surface area is 115 Å². The first-order chi connectivity index (χ1) is 9.58. The zero-order valence-electron chi connectivity index (χ0n) is 11.0. The maximum Gasteiger partial charge on any atom is 0.320 e. The van der Waals surface area contributed by atoms with Gasteiger partial charge in [0, 0.05) is 18.5 Å². The summed E-state index contributed by atoms with van der Waals surface area (Å²) in [6.45, 7) is 0.683. The number of hydrogen-bond donors (Lipinski definition) is 2. The quantitative estimate of drug-likeness (QED) is 0.869. The molecule has 0 spiro atoms. The van der Waals surface area contributed by atoms with Crippen LogP contribution in [0.25, 0.3) is 10.9 Å². The van der Waals surface area contributed by atoms with E-state index in [1.54, 1.807) is 10.6 Å². The van der Waals surface area contributed by atoms with E-state index in [-0.39, 0.29) is 12.0 Å². The molecule has 2 aromatic rings. The topological polar surface area (TPSA) is 85.3 Å². The number of aliphatic carboxylic acids is 1. The van der Waals surface area contributed by atoms with Crippen LogP contribution in [0.3, 0.4) is 0 Å². The number of carboxylic acid groups (broad SMARTS) is 1.